The van der Waals surface area contributed by atoms with Crippen LogP contribution >= 0.6 is 0 Å². The van der Waals surface area contributed by atoms with E-state index in [0.29, 0.717) is 13.2 Å². The van der Waals surface area contributed by atoms with E-state index in [9.17, 15) is 0 Å². The average molecular weight is 272 g/mol. The lowest BCUT2D eigenvalue weighted by Gasteiger charge is -2.14. The number of rotatable bonds is 6. The van der Waals surface area contributed by atoms with Gasteiger partial charge in [-0.25, -0.2) is 0 Å². The molecule has 2 N–H and O–H groups in total. The lowest BCUT2D eigenvalue weighted by atomic mass is 10.1. The molecule has 0 spiro atoms. The summed E-state index contributed by atoms with van der Waals surface area (Å²) >= 11 is 0. The monoisotopic (exact) mass is 272 g/mol. The lowest BCUT2D eigenvalue weighted by Crippen LogP contribution is -2.07. The Balaban J connectivity index is 2.19. The molecule has 2 aromatic rings. The highest BCUT2D eigenvalue weighted by Crippen LogP contribution is 2.31. The number of nitrogens with zero attached hydrogens (tertiary/aromatic N) is 1. The fourth-order valence-electron chi connectivity index (χ4n) is 2.06. The second kappa shape index (κ2) is 6.91. The first-order valence-electron chi connectivity index (χ1n) is 6.66. The van der Waals surface area contributed by atoms with Crippen molar-refractivity contribution in [1.82, 2.24) is 4.98 Å². The van der Waals surface area contributed by atoms with Gasteiger partial charge in [0.2, 0.25) is 0 Å². The second-order valence-corrected chi connectivity index (χ2v) is 4.55. The summed E-state index contributed by atoms with van der Waals surface area (Å²) in [7, 11) is 1.64. The van der Waals surface area contributed by atoms with Crippen molar-refractivity contribution in [2.45, 2.75) is 20.0 Å². The molecule has 0 unspecified atom stereocenters. The predicted molar refractivity (Wildman–Crippen MR) is 79.1 cm³/mol. The zero-order valence-electron chi connectivity index (χ0n) is 11.9. The maximum absolute atomic E-state index is 5.91. The van der Waals surface area contributed by atoms with E-state index in [-0.39, 0.29) is 0 Å². The quantitative estimate of drug-likeness (QED) is 0.877. The topological polar surface area (TPSA) is 57.4 Å². The molecule has 0 aliphatic heterocycles. The van der Waals surface area contributed by atoms with E-state index < -0.39 is 0 Å². The van der Waals surface area contributed by atoms with E-state index in [1.54, 1.807) is 7.11 Å². The first kappa shape index (κ1) is 14.3. The molecule has 1 heterocycles. The number of methoxy groups -OCH3 is 1. The molecule has 1 aromatic carbocycles. The molecule has 20 heavy (non-hydrogen) atoms. The van der Waals surface area contributed by atoms with Crippen LogP contribution in [0.25, 0.3) is 0 Å². The van der Waals surface area contributed by atoms with Crippen molar-refractivity contribution < 1.29 is 9.47 Å². The summed E-state index contributed by atoms with van der Waals surface area (Å²) in [6, 6.07) is 11.7. The molecule has 0 bridgehead atoms. The Bertz CT molecular complexity index is 570. The normalized spacial score (nSPS) is 10.3. The van der Waals surface area contributed by atoms with Gasteiger partial charge in [0, 0.05) is 5.69 Å². The van der Waals surface area contributed by atoms with Crippen LogP contribution in [0.5, 0.6) is 11.5 Å². The van der Waals surface area contributed by atoms with Crippen LogP contribution in [-0.4, -0.2) is 18.6 Å². The van der Waals surface area contributed by atoms with Crippen molar-refractivity contribution in [1.29, 1.82) is 0 Å². The summed E-state index contributed by atoms with van der Waals surface area (Å²) in [6.07, 6.45) is 0.758. The van der Waals surface area contributed by atoms with E-state index in [4.69, 9.17) is 15.2 Å². The first-order valence-corrected chi connectivity index (χ1v) is 6.66. The molecule has 1 aromatic heterocycles. The molecule has 0 saturated heterocycles. The molecule has 4 nitrogen and oxygen atoms in total. The highest BCUT2D eigenvalue weighted by molar-refractivity contribution is 5.46. The molecule has 4 heteroatoms. The van der Waals surface area contributed by atoms with Gasteiger partial charge >= 0.3 is 0 Å². The van der Waals surface area contributed by atoms with Crippen LogP contribution in [0.15, 0.2) is 36.4 Å². The highest BCUT2D eigenvalue weighted by Gasteiger charge is 2.10. The Morgan fingerprint density at radius 2 is 1.95 bits per heavy atom. The van der Waals surface area contributed by atoms with Gasteiger partial charge < -0.3 is 15.2 Å². The molecule has 0 radical (unpaired) electrons. The number of aromatic nitrogens is 1. The standard InChI is InChI=1S/C16H20N2O2/c1-12-5-3-7-14(18-12)11-20-16-13(9-10-17)6-4-8-15(16)19-2/h3-8H,9-11,17H2,1-2H3. The third-order valence-corrected chi connectivity index (χ3v) is 3.00. The van der Waals surface area contributed by atoms with Gasteiger partial charge in [-0.1, -0.05) is 18.2 Å². The van der Waals surface area contributed by atoms with Crippen molar-refractivity contribution in [2.75, 3.05) is 13.7 Å². The summed E-state index contributed by atoms with van der Waals surface area (Å²) in [5.41, 5.74) is 8.57. The Kier molecular flexibility index (Phi) is 4.96. The van der Waals surface area contributed by atoms with Gasteiger partial charge in [0.25, 0.3) is 0 Å². The van der Waals surface area contributed by atoms with Crippen molar-refractivity contribution in [3.8, 4) is 11.5 Å². The summed E-state index contributed by atoms with van der Waals surface area (Å²) in [5, 5.41) is 0. The number of benzene rings is 1. The van der Waals surface area contributed by atoms with Crippen molar-refractivity contribution in [2.24, 2.45) is 5.73 Å². The molecular weight excluding hydrogens is 252 g/mol. The number of hydrogen-bond acceptors (Lipinski definition) is 4. The molecule has 0 saturated carbocycles. The minimum Gasteiger partial charge on any atom is -0.493 e. The number of pyridine rings is 1. The first-order chi connectivity index (χ1) is 9.74. The Labute approximate surface area is 119 Å². The maximum atomic E-state index is 5.91. The van der Waals surface area contributed by atoms with Gasteiger partial charge in [0.1, 0.15) is 6.61 Å². The average Bonchev–Trinajstić information content (AvgIpc) is 2.46. The van der Waals surface area contributed by atoms with Crippen LogP contribution in [-0.2, 0) is 13.0 Å². The van der Waals surface area contributed by atoms with Gasteiger partial charge in [-0.05, 0) is 43.7 Å². The molecule has 0 aliphatic carbocycles. The van der Waals surface area contributed by atoms with E-state index in [1.165, 1.54) is 0 Å². The minimum atomic E-state index is 0.416. The maximum Gasteiger partial charge on any atom is 0.164 e. The van der Waals surface area contributed by atoms with Crippen LogP contribution in [0.1, 0.15) is 17.0 Å². The molecule has 0 fully saturated rings. The highest BCUT2D eigenvalue weighted by atomic mass is 16.5. The number of ether oxygens (including phenoxy) is 2. The van der Waals surface area contributed by atoms with Crippen molar-refractivity contribution in [3.05, 3.63) is 53.3 Å². The number of aryl methyl sites for hydroxylation is 1. The van der Waals surface area contributed by atoms with E-state index in [2.05, 4.69) is 4.98 Å². The van der Waals surface area contributed by atoms with E-state index in [1.807, 2.05) is 43.3 Å². The number of nitrogens with two attached hydrogens (primary N) is 1. The van der Waals surface area contributed by atoms with Gasteiger partial charge in [-0.15, -0.1) is 0 Å². The molecule has 0 amide bonds. The summed E-state index contributed by atoms with van der Waals surface area (Å²) in [6.45, 7) is 2.96. The van der Waals surface area contributed by atoms with E-state index in [0.717, 1.165) is 34.9 Å². The van der Waals surface area contributed by atoms with Crippen molar-refractivity contribution in [3.63, 3.8) is 0 Å². The van der Waals surface area contributed by atoms with Crippen LogP contribution < -0.4 is 15.2 Å². The Morgan fingerprint density at radius 1 is 1.15 bits per heavy atom. The van der Waals surface area contributed by atoms with Crippen LogP contribution in [0, 0.1) is 6.92 Å². The van der Waals surface area contributed by atoms with Gasteiger partial charge in [0.05, 0.1) is 12.8 Å². The van der Waals surface area contributed by atoms with Gasteiger partial charge in [-0.2, -0.15) is 0 Å². The molecule has 2 rings (SSSR count). The number of hydrogen-bond donors (Lipinski definition) is 1. The second-order valence-electron chi connectivity index (χ2n) is 4.55. The molecule has 0 aliphatic rings. The van der Waals surface area contributed by atoms with Crippen molar-refractivity contribution >= 4 is 0 Å². The SMILES string of the molecule is COc1cccc(CCN)c1OCc1cccc(C)n1. The molecule has 0 atom stereocenters. The third-order valence-electron chi connectivity index (χ3n) is 3.00. The third kappa shape index (κ3) is 3.48. The number of para-hydroxylation sites is 1. The van der Waals surface area contributed by atoms with Crippen LogP contribution in [0.4, 0.5) is 0 Å². The lowest BCUT2D eigenvalue weighted by molar-refractivity contribution is 0.277. The van der Waals surface area contributed by atoms with Gasteiger partial charge in [-0.3, -0.25) is 4.98 Å². The van der Waals surface area contributed by atoms with E-state index >= 15 is 0 Å². The Hall–Kier alpha value is -2.07. The van der Waals surface area contributed by atoms with Gasteiger partial charge in [0.15, 0.2) is 11.5 Å². The smallest absolute Gasteiger partial charge is 0.164 e. The fraction of sp³-hybridized carbons (Fsp3) is 0.312. The minimum absolute atomic E-state index is 0.416. The zero-order valence-corrected chi connectivity index (χ0v) is 11.9. The summed E-state index contributed by atoms with van der Waals surface area (Å²) in [5.74, 6) is 1.48. The Morgan fingerprint density at radius 3 is 2.65 bits per heavy atom. The largest absolute Gasteiger partial charge is 0.493 e. The van der Waals surface area contributed by atoms with Crippen LogP contribution in [0.2, 0.25) is 0 Å². The predicted octanol–water partition coefficient (Wildman–Crippen LogP) is 2.48. The summed E-state index contributed by atoms with van der Waals surface area (Å²) in [4.78, 5) is 4.43. The summed E-state index contributed by atoms with van der Waals surface area (Å²) < 4.78 is 11.3. The molecular formula is C16H20N2O2. The van der Waals surface area contributed by atoms with Crippen LogP contribution in [0.3, 0.4) is 0 Å². The zero-order chi connectivity index (χ0) is 14.4. The molecule has 106 valence electrons. The fourth-order valence-corrected chi connectivity index (χ4v) is 2.06.